The van der Waals surface area contributed by atoms with Crippen LogP contribution in [-0.4, -0.2) is 25.5 Å². The monoisotopic (exact) mass is 140 g/mol. The van der Waals surface area contributed by atoms with Gasteiger partial charge in [-0.25, -0.2) is 0 Å². The molecule has 0 atom stereocenters. The SMILES string of the molecule is C=CC(=O)NCC1CNC1. The van der Waals surface area contributed by atoms with E-state index in [1.165, 1.54) is 6.08 Å². The first-order valence-corrected chi connectivity index (χ1v) is 3.44. The Bertz CT molecular complexity index is 141. The van der Waals surface area contributed by atoms with Crippen molar-refractivity contribution in [2.24, 2.45) is 5.92 Å². The van der Waals surface area contributed by atoms with Gasteiger partial charge in [0.1, 0.15) is 0 Å². The van der Waals surface area contributed by atoms with Crippen molar-refractivity contribution in [1.29, 1.82) is 0 Å². The van der Waals surface area contributed by atoms with Crippen molar-refractivity contribution in [3.05, 3.63) is 12.7 Å². The third-order valence-electron chi connectivity index (χ3n) is 1.62. The highest BCUT2D eigenvalue weighted by atomic mass is 16.1. The lowest BCUT2D eigenvalue weighted by Gasteiger charge is -2.26. The molecule has 1 saturated heterocycles. The minimum Gasteiger partial charge on any atom is -0.352 e. The first-order chi connectivity index (χ1) is 4.83. The minimum atomic E-state index is -0.0769. The molecule has 0 radical (unpaired) electrons. The maximum atomic E-state index is 10.6. The Morgan fingerprint density at radius 3 is 2.90 bits per heavy atom. The largest absolute Gasteiger partial charge is 0.352 e. The average Bonchev–Trinajstić information content (AvgIpc) is 1.84. The summed E-state index contributed by atoms with van der Waals surface area (Å²) < 4.78 is 0. The van der Waals surface area contributed by atoms with E-state index in [2.05, 4.69) is 17.2 Å². The van der Waals surface area contributed by atoms with Crippen LogP contribution in [0.3, 0.4) is 0 Å². The van der Waals surface area contributed by atoms with Gasteiger partial charge in [-0.2, -0.15) is 0 Å². The smallest absolute Gasteiger partial charge is 0.243 e. The van der Waals surface area contributed by atoms with Gasteiger partial charge in [-0.1, -0.05) is 6.58 Å². The Morgan fingerprint density at radius 2 is 2.50 bits per heavy atom. The molecule has 0 spiro atoms. The van der Waals surface area contributed by atoms with Gasteiger partial charge >= 0.3 is 0 Å². The summed E-state index contributed by atoms with van der Waals surface area (Å²) in [6.45, 7) is 6.18. The van der Waals surface area contributed by atoms with E-state index in [0.717, 1.165) is 19.6 Å². The van der Waals surface area contributed by atoms with Crippen molar-refractivity contribution in [1.82, 2.24) is 10.6 Å². The summed E-state index contributed by atoms with van der Waals surface area (Å²) in [7, 11) is 0. The molecule has 1 fully saturated rings. The highest BCUT2D eigenvalue weighted by molar-refractivity contribution is 5.86. The van der Waals surface area contributed by atoms with E-state index in [1.54, 1.807) is 0 Å². The van der Waals surface area contributed by atoms with Crippen molar-refractivity contribution in [3.8, 4) is 0 Å². The predicted molar refractivity (Wildman–Crippen MR) is 39.6 cm³/mol. The molecule has 3 heteroatoms. The van der Waals surface area contributed by atoms with E-state index in [0.29, 0.717) is 5.92 Å². The summed E-state index contributed by atoms with van der Waals surface area (Å²) in [6.07, 6.45) is 1.30. The third kappa shape index (κ3) is 1.84. The van der Waals surface area contributed by atoms with Crippen LogP contribution in [0.2, 0.25) is 0 Å². The van der Waals surface area contributed by atoms with E-state index < -0.39 is 0 Å². The molecule has 1 aliphatic heterocycles. The van der Waals surface area contributed by atoms with Crippen molar-refractivity contribution in [2.75, 3.05) is 19.6 Å². The van der Waals surface area contributed by atoms with Crippen molar-refractivity contribution in [2.45, 2.75) is 0 Å². The van der Waals surface area contributed by atoms with Crippen LogP contribution in [0.5, 0.6) is 0 Å². The van der Waals surface area contributed by atoms with Gasteiger partial charge in [0, 0.05) is 25.6 Å². The van der Waals surface area contributed by atoms with Crippen LogP contribution in [0.4, 0.5) is 0 Å². The van der Waals surface area contributed by atoms with Crippen LogP contribution in [-0.2, 0) is 4.79 Å². The summed E-state index contributed by atoms with van der Waals surface area (Å²) in [6, 6.07) is 0. The van der Waals surface area contributed by atoms with Gasteiger partial charge in [0.2, 0.25) is 5.91 Å². The molecule has 0 aromatic rings. The Kier molecular flexibility index (Phi) is 2.45. The van der Waals surface area contributed by atoms with Crippen molar-refractivity contribution < 1.29 is 4.79 Å². The molecule has 1 amide bonds. The van der Waals surface area contributed by atoms with E-state index in [9.17, 15) is 4.79 Å². The number of carbonyl (C=O) groups excluding carboxylic acids is 1. The van der Waals surface area contributed by atoms with Gasteiger partial charge in [0.05, 0.1) is 0 Å². The second-order valence-corrected chi connectivity index (χ2v) is 2.47. The highest BCUT2D eigenvalue weighted by Crippen LogP contribution is 1.99. The molecule has 3 nitrogen and oxygen atoms in total. The predicted octanol–water partition coefficient (Wildman–Crippen LogP) is -0.492. The van der Waals surface area contributed by atoms with E-state index in [1.807, 2.05) is 0 Å². The second-order valence-electron chi connectivity index (χ2n) is 2.47. The maximum absolute atomic E-state index is 10.6. The molecule has 1 aliphatic rings. The van der Waals surface area contributed by atoms with Gasteiger partial charge in [0.15, 0.2) is 0 Å². The van der Waals surface area contributed by atoms with Crippen LogP contribution < -0.4 is 10.6 Å². The topological polar surface area (TPSA) is 41.1 Å². The lowest BCUT2D eigenvalue weighted by atomic mass is 10.0. The number of nitrogens with one attached hydrogen (secondary N) is 2. The molecule has 0 bridgehead atoms. The normalized spacial score (nSPS) is 17.6. The fourth-order valence-electron chi connectivity index (χ4n) is 0.810. The molecule has 2 N–H and O–H groups in total. The third-order valence-corrected chi connectivity index (χ3v) is 1.62. The molecule has 0 aromatic carbocycles. The molecule has 1 heterocycles. The second kappa shape index (κ2) is 3.37. The Labute approximate surface area is 60.5 Å². The van der Waals surface area contributed by atoms with Crippen LogP contribution >= 0.6 is 0 Å². The molecular formula is C7H12N2O. The van der Waals surface area contributed by atoms with Crippen LogP contribution in [0.25, 0.3) is 0 Å². The van der Waals surface area contributed by atoms with Crippen molar-refractivity contribution >= 4 is 5.91 Å². The molecule has 0 saturated carbocycles. The molecule has 0 aliphatic carbocycles. The molecule has 10 heavy (non-hydrogen) atoms. The standard InChI is InChI=1S/C7H12N2O/c1-2-7(10)9-5-6-3-8-4-6/h2,6,8H,1,3-5H2,(H,9,10). The van der Waals surface area contributed by atoms with E-state index in [-0.39, 0.29) is 5.91 Å². The average molecular weight is 140 g/mol. The molecule has 56 valence electrons. The summed E-state index contributed by atoms with van der Waals surface area (Å²) in [5.41, 5.74) is 0. The molecule has 0 aromatic heterocycles. The van der Waals surface area contributed by atoms with Gasteiger partial charge in [-0.3, -0.25) is 4.79 Å². The van der Waals surface area contributed by atoms with Crippen LogP contribution in [0.1, 0.15) is 0 Å². The fourth-order valence-corrected chi connectivity index (χ4v) is 0.810. The van der Waals surface area contributed by atoms with Crippen LogP contribution in [0, 0.1) is 5.92 Å². The lowest BCUT2D eigenvalue weighted by molar-refractivity contribution is -0.116. The molecule has 1 rings (SSSR count). The first kappa shape index (κ1) is 7.28. The quantitative estimate of drug-likeness (QED) is 0.519. The highest BCUT2D eigenvalue weighted by Gasteiger charge is 2.15. The Balaban J connectivity index is 2.03. The number of rotatable bonds is 3. The summed E-state index contributed by atoms with van der Waals surface area (Å²) in [5, 5.41) is 5.86. The minimum absolute atomic E-state index is 0.0769. The number of hydrogen-bond donors (Lipinski definition) is 2. The van der Waals surface area contributed by atoms with E-state index in [4.69, 9.17) is 0 Å². The number of hydrogen-bond acceptors (Lipinski definition) is 2. The zero-order chi connectivity index (χ0) is 7.40. The molecule has 0 unspecified atom stereocenters. The van der Waals surface area contributed by atoms with Gasteiger partial charge in [-0.15, -0.1) is 0 Å². The summed E-state index contributed by atoms with van der Waals surface area (Å²) in [4.78, 5) is 10.6. The van der Waals surface area contributed by atoms with Crippen molar-refractivity contribution in [3.63, 3.8) is 0 Å². The summed E-state index contributed by atoms with van der Waals surface area (Å²) in [5.74, 6) is 0.552. The molecular weight excluding hydrogens is 128 g/mol. The van der Waals surface area contributed by atoms with E-state index >= 15 is 0 Å². The zero-order valence-corrected chi connectivity index (χ0v) is 5.89. The van der Waals surface area contributed by atoms with Gasteiger partial charge in [0.25, 0.3) is 0 Å². The Morgan fingerprint density at radius 1 is 1.80 bits per heavy atom. The zero-order valence-electron chi connectivity index (χ0n) is 5.89. The van der Waals surface area contributed by atoms with Crippen LogP contribution in [0.15, 0.2) is 12.7 Å². The van der Waals surface area contributed by atoms with Gasteiger partial charge in [-0.05, 0) is 6.08 Å². The Hall–Kier alpha value is -0.830. The van der Waals surface area contributed by atoms with Gasteiger partial charge < -0.3 is 10.6 Å². The number of amides is 1. The lowest BCUT2D eigenvalue weighted by Crippen LogP contribution is -2.47. The summed E-state index contributed by atoms with van der Waals surface area (Å²) >= 11 is 0. The maximum Gasteiger partial charge on any atom is 0.243 e. The fraction of sp³-hybridized carbons (Fsp3) is 0.571. The first-order valence-electron chi connectivity index (χ1n) is 3.44. The number of carbonyl (C=O) groups is 1.